The molecule has 1 aromatic rings. The monoisotopic (exact) mass is 300 g/mol. The second-order valence-corrected chi connectivity index (χ2v) is 7.43. The molecule has 0 aliphatic heterocycles. The number of hydrogen-bond donors (Lipinski definition) is 2. The van der Waals surface area contributed by atoms with Gasteiger partial charge in [-0.2, -0.15) is 0 Å². The smallest absolute Gasteiger partial charge is 0.160 e. The lowest BCUT2D eigenvalue weighted by atomic mass is 9.55. The number of hydrogen-bond acceptors (Lipinski definition) is 3. The van der Waals surface area contributed by atoms with Gasteiger partial charge in [0.25, 0.3) is 0 Å². The molecular formula is C19H24O3. The number of aryl methyl sites for hydroxylation is 1. The summed E-state index contributed by atoms with van der Waals surface area (Å²) in [6.07, 6.45) is 8.26. The number of phenols is 1. The molecule has 1 saturated carbocycles. The van der Waals surface area contributed by atoms with Crippen molar-refractivity contribution in [1.82, 2.24) is 0 Å². The maximum absolute atomic E-state index is 10.3. The zero-order valence-electron chi connectivity index (χ0n) is 13.2. The van der Waals surface area contributed by atoms with E-state index in [1.165, 1.54) is 11.1 Å². The number of phenolic OH excluding ortho intramolecular Hbond substituents is 1. The highest BCUT2D eigenvalue weighted by Gasteiger charge is 2.52. The number of benzene rings is 1. The van der Waals surface area contributed by atoms with Gasteiger partial charge in [-0.15, -0.1) is 0 Å². The van der Waals surface area contributed by atoms with E-state index in [0.29, 0.717) is 23.5 Å². The molecule has 118 valence electrons. The first-order chi connectivity index (χ1) is 10.5. The van der Waals surface area contributed by atoms with Crippen LogP contribution in [0, 0.1) is 17.3 Å². The second kappa shape index (κ2) is 4.76. The summed E-state index contributed by atoms with van der Waals surface area (Å²) in [5.41, 5.74) is 2.63. The molecule has 3 unspecified atom stereocenters. The standard InChI is InChI=1S/C19H24O3/c1-19-8-7-12-13(15(19)5-6-18(19)21)4-3-11-9-16(20)17(22-2)10-14(11)12/h5-6,9-10,12-13,15,18,20-21H,3-4,7-8H2,1-2H3/t12?,13?,15?,18-,19-/m0/s1. The van der Waals surface area contributed by atoms with E-state index in [0.717, 1.165) is 25.7 Å². The number of rotatable bonds is 1. The fraction of sp³-hybridized carbons (Fsp3) is 0.579. The highest BCUT2D eigenvalue weighted by molar-refractivity contribution is 5.49. The summed E-state index contributed by atoms with van der Waals surface area (Å²) >= 11 is 0. The summed E-state index contributed by atoms with van der Waals surface area (Å²) in [6.45, 7) is 2.24. The van der Waals surface area contributed by atoms with E-state index in [4.69, 9.17) is 4.74 Å². The number of allylic oxidation sites excluding steroid dienone is 1. The molecule has 0 heterocycles. The molecule has 3 aliphatic rings. The number of aromatic hydroxyl groups is 1. The zero-order chi connectivity index (χ0) is 15.5. The fourth-order valence-electron chi connectivity index (χ4n) is 5.18. The molecule has 0 radical (unpaired) electrons. The van der Waals surface area contributed by atoms with Crippen LogP contribution in [0.3, 0.4) is 0 Å². The van der Waals surface area contributed by atoms with Crippen molar-refractivity contribution in [3.8, 4) is 11.5 Å². The number of methoxy groups -OCH3 is 1. The fourth-order valence-corrected chi connectivity index (χ4v) is 5.18. The lowest BCUT2D eigenvalue weighted by Gasteiger charge is -2.50. The van der Waals surface area contributed by atoms with Gasteiger partial charge in [0.15, 0.2) is 11.5 Å². The van der Waals surface area contributed by atoms with Crippen molar-refractivity contribution in [1.29, 1.82) is 0 Å². The summed E-state index contributed by atoms with van der Waals surface area (Å²) in [5, 5.41) is 20.4. The van der Waals surface area contributed by atoms with Crippen LogP contribution in [0.1, 0.15) is 43.2 Å². The van der Waals surface area contributed by atoms with Crippen molar-refractivity contribution in [2.45, 2.75) is 44.6 Å². The largest absolute Gasteiger partial charge is 0.504 e. The van der Waals surface area contributed by atoms with Gasteiger partial charge in [-0.1, -0.05) is 19.1 Å². The minimum atomic E-state index is -0.297. The summed E-state index contributed by atoms with van der Waals surface area (Å²) in [5.74, 6) is 2.40. The SMILES string of the molecule is COc1cc2c(cc1O)CCC1C2CC[C@@]2(C)C1C=C[C@@H]2O. The van der Waals surface area contributed by atoms with Gasteiger partial charge in [0.2, 0.25) is 0 Å². The molecule has 0 saturated heterocycles. The van der Waals surface area contributed by atoms with Crippen LogP contribution < -0.4 is 4.74 Å². The molecule has 1 aromatic carbocycles. The predicted molar refractivity (Wildman–Crippen MR) is 85.2 cm³/mol. The van der Waals surface area contributed by atoms with Crippen molar-refractivity contribution in [2.75, 3.05) is 7.11 Å². The molecule has 0 amide bonds. The van der Waals surface area contributed by atoms with Crippen molar-refractivity contribution < 1.29 is 14.9 Å². The molecule has 3 aliphatic carbocycles. The van der Waals surface area contributed by atoms with Gasteiger partial charge in [-0.05, 0) is 66.7 Å². The van der Waals surface area contributed by atoms with E-state index in [1.807, 2.05) is 18.2 Å². The zero-order valence-corrected chi connectivity index (χ0v) is 13.2. The lowest BCUT2D eigenvalue weighted by Crippen LogP contribution is -2.44. The Kier molecular flexibility index (Phi) is 3.06. The summed E-state index contributed by atoms with van der Waals surface area (Å²) in [7, 11) is 1.61. The Morgan fingerprint density at radius 1 is 1.23 bits per heavy atom. The molecule has 0 bridgehead atoms. The number of ether oxygens (including phenoxy) is 1. The van der Waals surface area contributed by atoms with E-state index in [9.17, 15) is 10.2 Å². The van der Waals surface area contributed by atoms with Crippen LogP contribution in [0.2, 0.25) is 0 Å². The van der Waals surface area contributed by atoms with Crippen LogP contribution in [-0.2, 0) is 6.42 Å². The summed E-state index contributed by atoms with van der Waals surface area (Å²) in [6, 6.07) is 3.93. The molecule has 2 N–H and O–H groups in total. The molecular weight excluding hydrogens is 276 g/mol. The third-order valence-corrected chi connectivity index (χ3v) is 6.50. The van der Waals surface area contributed by atoms with Gasteiger partial charge in [-0.25, -0.2) is 0 Å². The van der Waals surface area contributed by atoms with Crippen molar-refractivity contribution in [2.24, 2.45) is 17.3 Å². The molecule has 4 rings (SSSR count). The molecule has 5 atom stereocenters. The number of aliphatic hydroxyl groups excluding tert-OH is 1. The molecule has 3 heteroatoms. The van der Waals surface area contributed by atoms with E-state index < -0.39 is 0 Å². The average Bonchev–Trinajstić information content (AvgIpc) is 2.82. The Labute approximate surface area is 131 Å². The third-order valence-electron chi connectivity index (χ3n) is 6.50. The van der Waals surface area contributed by atoms with Gasteiger partial charge in [0.1, 0.15) is 0 Å². The number of fused-ring (bicyclic) bond motifs is 5. The van der Waals surface area contributed by atoms with Crippen LogP contribution in [0.15, 0.2) is 24.3 Å². The number of aliphatic hydroxyl groups is 1. The van der Waals surface area contributed by atoms with E-state index >= 15 is 0 Å². The molecule has 0 aromatic heterocycles. The Morgan fingerprint density at radius 3 is 2.82 bits per heavy atom. The molecule has 22 heavy (non-hydrogen) atoms. The molecule has 0 spiro atoms. The van der Waals surface area contributed by atoms with Crippen molar-refractivity contribution in [3.63, 3.8) is 0 Å². The minimum absolute atomic E-state index is 0.0136. The van der Waals surface area contributed by atoms with Gasteiger partial charge in [-0.3, -0.25) is 0 Å². The van der Waals surface area contributed by atoms with Crippen LogP contribution >= 0.6 is 0 Å². The van der Waals surface area contributed by atoms with Gasteiger partial charge < -0.3 is 14.9 Å². The van der Waals surface area contributed by atoms with Crippen molar-refractivity contribution >= 4 is 0 Å². The Balaban J connectivity index is 1.74. The molecule has 1 fully saturated rings. The molecule has 3 nitrogen and oxygen atoms in total. The van der Waals surface area contributed by atoms with E-state index in [-0.39, 0.29) is 17.3 Å². The average molecular weight is 300 g/mol. The highest BCUT2D eigenvalue weighted by atomic mass is 16.5. The lowest BCUT2D eigenvalue weighted by molar-refractivity contribution is -0.0101. The first kappa shape index (κ1) is 14.1. The predicted octanol–water partition coefficient (Wildman–Crippen LogP) is 3.39. The second-order valence-electron chi connectivity index (χ2n) is 7.43. The van der Waals surface area contributed by atoms with Crippen LogP contribution in [0.4, 0.5) is 0 Å². The first-order valence-corrected chi connectivity index (χ1v) is 8.31. The van der Waals surface area contributed by atoms with Crippen molar-refractivity contribution in [3.05, 3.63) is 35.4 Å². The van der Waals surface area contributed by atoms with E-state index in [2.05, 4.69) is 13.0 Å². The highest BCUT2D eigenvalue weighted by Crippen LogP contribution is 2.59. The van der Waals surface area contributed by atoms with Crippen LogP contribution in [0.5, 0.6) is 11.5 Å². The Bertz CT molecular complexity index is 636. The van der Waals surface area contributed by atoms with Crippen LogP contribution in [0.25, 0.3) is 0 Å². The van der Waals surface area contributed by atoms with Gasteiger partial charge in [0.05, 0.1) is 13.2 Å². The van der Waals surface area contributed by atoms with Crippen LogP contribution in [-0.4, -0.2) is 23.4 Å². The van der Waals surface area contributed by atoms with Gasteiger partial charge in [0, 0.05) is 5.41 Å². The Morgan fingerprint density at radius 2 is 2.05 bits per heavy atom. The summed E-state index contributed by atoms with van der Waals surface area (Å²) < 4.78 is 5.31. The maximum atomic E-state index is 10.3. The minimum Gasteiger partial charge on any atom is -0.504 e. The third kappa shape index (κ3) is 1.78. The Hall–Kier alpha value is -1.48. The quantitative estimate of drug-likeness (QED) is 0.782. The normalized spacial score (nSPS) is 39.0. The summed E-state index contributed by atoms with van der Waals surface area (Å²) in [4.78, 5) is 0. The topological polar surface area (TPSA) is 49.7 Å². The first-order valence-electron chi connectivity index (χ1n) is 8.31. The van der Waals surface area contributed by atoms with Gasteiger partial charge >= 0.3 is 0 Å². The van der Waals surface area contributed by atoms with E-state index in [1.54, 1.807) is 7.11 Å². The maximum Gasteiger partial charge on any atom is 0.160 e.